The van der Waals surface area contributed by atoms with Crippen molar-refractivity contribution in [2.45, 2.75) is 57.8 Å². The van der Waals surface area contributed by atoms with Gasteiger partial charge in [-0.05, 0) is 83.2 Å². The number of unbranched alkanes of at least 4 members (excludes halogenated alkanes) is 1. The summed E-state index contributed by atoms with van der Waals surface area (Å²) in [6.07, 6.45) is 9.15. The van der Waals surface area contributed by atoms with Gasteiger partial charge in [0, 0.05) is 0 Å². The van der Waals surface area contributed by atoms with Gasteiger partial charge in [-0.15, -0.1) is 0 Å². The van der Waals surface area contributed by atoms with Crippen LogP contribution in [0.1, 0.15) is 63.4 Å². The minimum absolute atomic E-state index is 0.345. The fourth-order valence-electron chi connectivity index (χ4n) is 4.70. The van der Waals surface area contributed by atoms with Gasteiger partial charge in [0.1, 0.15) is 0 Å². The number of rotatable bonds is 5. The summed E-state index contributed by atoms with van der Waals surface area (Å²) in [6.45, 7) is 2.26. The van der Waals surface area contributed by atoms with E-state index in [1.54, 1.807) is 0 Å². The maximum atomic E-state index is 13.6. The van der Waals surface area contributed by atoms with Gasteiger partial charge in [-0.1, -0.05) is 56.5 Å². The van der Waals surface area contributed by atoms with E-state index in [9.17, 15) is 13.2 Å². The molecule has 1 fully saturated rings. The molecule has 29 heavy (non-hydrogen) atoms. The Morgan fingerprint density at radius 2 is 1.41 bits per heavy atom. The quantitative estimate of drug-likeness (QED) is 0.380. The molecule has 0 bridgehead atoms. The van der Waals surface area contributed by atoms with E-state index in [0.717, 1.165) is 28.8 Å². The molecule has 0 atom stereocenters. The summed E-state index contributed by atoms with van der Waals surface area (Å²) in [5, 5.41) is 2.15. The van der Waals surface area contributed by atoms with Crippen LogP contribution in [0.5, 0.6) is 0 Å². The monoisotopic (exact) mass is 396 g/mol. The summed E-state index contributed by atoms with van der Waals surface area (Å²) in [4.78, 5) is 0. The highest BCUT2D eigenvalue weighted by Crippen LogP contribution is 2.39. The van der Waals surface area contributed by atoms with Gasteiger partial charge < -0.3 is 0 Å². The standard InChI is InChI=1S/C26H27F3/c1-2-3-4-17-5-7-18(8-6-17)19-9-10-21-14-22(12-11-20(21)13-19)23-15-24(27)26(29)25(28)16-23/h9-18H,2-8H2,1H3. The SMILES string of the molecule is CCCCC1CCC(c2ccc3cc(-c4cc(F)c(F)c(F)c4)ccc3c2)CC1. The Bertz CT molecular complexity index is 977. The summed E-state index contributed by atoms with van der Waals surface area (Å²) in [7, 11) is 0. The van der Waals surface area contributed by atoms with Crippen LogP contribution < -0.4 is 0 Å². The molecule has 1 aliphatic carbocycles. The van der Waals surface area contributed by atoms with Crippen molar-refractivity contribution in [2.75, 3.05) is 0 Å². The molecule has 0 aliphatic heterocycles. The van der Waals surface area contributed by atoms with Crippen molar-refractivity contribution >= 4 is 10.8 Å². The highest BCUT2D eigenvalue weighted by atomic mass is 19.2. The van der Waals surface area contributed by atoms with Crippen LogP contribution in [0, 0.1) is 23.4 Å². The first-order valence-corrected chi connectivity index (χ1v) is 10.7. The smallest absolute Gasteiger partial charge is 0.194 e. The molecule has 1 saturated carbocycles. The van der Waals surface area contributed by atoms with E-state index in [1.807, 2.05) is 18.2 Å². The number of hydrogen-bond donors (Lipinski definition) is 0. The second-order valence-electron chi connectivity index (χ2n) is 8.44. The minimum Gasteiger partial charge on any atom is -0.204 e. The number of fused-ring (bicyclic) bond motifs is 1. The third-order valence-corrected chi connectivity index (χ3v) is 6.47. The predicted molar refractivity (Wildman–Crippen MR) is 113 cm³/mol. The van der Waals surface area contributed by atoms with Crippen LogP contribution in [0.4, 0.5) is 13.2 Å². The minimum atomic E-state index is -1.43. The lowest BCUT2D eigenvalue weighted by molar-refractivity contribution is 0.304. The van der Waals surface area contributed by atoms with Crippen LogP contribution in [0.2, 0.25) is 0 Å². The molecule has 152 valence electrons. The van der Waals surface area contributed by atoms with Gasteiger partial charge in [0.05, 0.1) is 0 Å². The number of benzene rings is 3. The molecule has 0 N–H and O–H groups in total. The van der Waals surface area contributed by atoms with Crippen molar-refractivity contribution < 1.29 is 13.2 Å². The summed E-state index contributed by atoms with van der Waals surface area (Å²) in [5.41, 5.74) is 2.41. The molecule has 0 heterocycles. The Kier molecular flexibility index (Phi) is 5.94. The molecule has 0 radical (unpaired) electrons. The summed E-state index contributed by atoms with van der Waals surface area (Å²) in [5.74, 6) is -2.23. The lowest BCUT2D eigenvalue weighted by atomic mass is 9.77. The van der Waals surface area contributed by atoms with Crippen molar-refractivity contribution in [1.29, 1.82) is 0 Å². The Labute approximate surface area is 170 Å². The predicted octanol–water partition coefficient (Wildman–Crippen LogP) is 8.39. The van der Waals surface area contributed by atoms with E-state index in [1.165, 1.54) is 50.5 Å². The summed E-state index contributed by atoms with van der Waals surface area (Å²) in [6, 6.07) is 14.4. The Balaban J connectivity index is 1.54. The fourth-order valence-corrected chi connectivity index (χ4v) is 4.70. The van der Waals surface area contributed by atoms with Crippen LogP contribution in [0.15, 0.2) is 48.5 Å². The maximum Gasteiger partial charge on any atom is 0.194 e. The molecule has 4 rings (SSSR count). The molecule has 3 aromatic rings. The van der Waals surface area contributed by atoms with E-state index in [0.29, 0.717) is 17.0 Å². The van der Waals surface area contributed by atoms with E-state index in [-0.39, 0.29) is 0 Å². The second-order valence-corrected chi connectivity index (χ2v) is 8.44. The van der Waals surface area contributed by atoms with Crippen LogP contribution >= 0.6 is 0 Å². The van der Waals surface area contributed by atoms with Crippen LogP contribution in [-0.2, 0) is 0 Å². The Morgan fingerprint density at radius 3 is 2.10 bits per heavy atom. The molecule has 0 nitrogen and oxygen atoms in total. The zero-order chi connectivity index (χ0) is 20.4. The topological polar surface area (TPSA) is 0 Å². The first-order chi connectivity index (χ1) is 14.0. The van der Waals surface area contributed by atoms with E-state index < -0.39 is 17.5 Å². The van der Waals surface area contributed by atoms with Crippen molar-refractivity contribution in [2.24, 2.45) is 5.92 Å². The molecule has 3 aromatic carbocycles. The van der Waals surface area contributed by atoms with Gasteiger partial charge in [0.15, 0.2) is 17.5 Å². The molecule has 3 heteroatoms. The number of halogens is 3. The van der Waals surface area contributed by atoms with Crippen LogP contribution in [0.3, 0.4) is 0 Å². The lowest BCUT2D eigenvalue weighted by Crippen LogP contribution is -2.13. The molecule has 0 amide bonds. The van der Waals surface area contributed by atoms with Gasteiger partial charge >= 0.3 is 0 Å². The van der Waals surface area contributed by atoms with Gasteiger partial charge in [-0.3, -0.25) is 0 Å². The zero-order valence-corrected chi connectivity index (χ0v) is 16.9. The van der Waals surface area contributed by atoms with E-state index >= 15 is 0 Å². The highest BCUT2D eigenvalue weighted by Gasteiger charge is 2.22. The molecule has 1 aliphatic rings. The highest BCUT2D eigenvalue weighted by molar-refractivity contribution is 5.88. The van der Waals surface area contributed by atoms with Crippen molar-refractivity contribution in [3.8, 4) is 11.1 Å². The first kappa shape index (κ1) is 20.0. The largest absolute Gasteiger partial charge is 0.204 e. The van der Waals surface area contributed by atoms with Crippen LogP contribution in [-0.4, -0.2) is 0 Å². The fraction of sp³-hybridized carbons (Fsp3) is 0.385. The van der Waals surface area contributed by atoms with Crippen molar-refractivity contribution in [1.82, 2.24) is 0 Å². The van der Waals surface area contributed by atoms with Crippen molar-refractivity contribution in [3.63, 3.8) is 0 Å². The third-order valence-electron chi connectivity index (χ3n) is 6.47. The van der Waals surface area contributed by atoms with E-state index in [4.69, 9.17) is 0 Å². The molecule has 0 aromatic heterocycles. The average Bonchev–Trinajstić information content (AvgIpc) is 2.75. The molecule has 0 saturated heterocycles. The molecular formula is C26H27F3. The van der Waals surface area contributed by atoms with Gasteiger partial charge in [-0.2, -0.15) is 0 Å². The van der Waals surface area contributed by atoms with Crippen molar-refractivity contribution in [3.05, 3.63) is 71.5 Å². The number of hydrogen-bond acceptors (Lipinski definition) is 0. The molecule has 0 unspecified atom stereocenters. The lowest BCUT2D eigenvalue weighted by Gasteiger charge is -2.29. The zero-order valence-electron chi connectivity index (χ0n) is 16.9. The molecule has 0 spiro atoms. The second kappa shape index (κ2) is 8.61. The Morgan fingerprint density at radius 1 is 0.759 bits per heavy atom. The average molecular weight is 396 g/mol. The summed E-state index contributed by atoms with van der Waals surface area (Å²) >= 11 is 0. The maximum absolute atomic E-state index is 13.6. The van der Waals surface area contributed by atoms with Gasteiger partial charge in [0.2, 0.25) is 0 Å². The van der Waals surface area contributed by atoms with Crippen LogP contribution in [0.25, 0.3) is 21.9 Å². The van der Waals surface area contributed by atoms with Gasteiger partial charge in [-0.25, -0.2) is 13.2 Å². The van der Waals surface area contributed by atoms with E-state index in [2.05, 4.69) is 25.1 Å². The first-order valence-electron chi connectivity index (χ1n) is 10.7. The summed E-state index contributed by atoms with van der Waals surface area (Å²) < 4.78 is 40.4. The Hall–Kier alpha value is -2.29. The van der Waals surface area contributed by atoms with Gasteiger partial charge in [0.25, 0.3) is 0 Å². The normalized spacial score (nSPS) is 19.6. The molecular weight excluding hydrogens is 369 g/mol. The third kappa shape index (κ3) is 4.34.